The Morgan fingerprint density at radius 1 is 1.29 bits per heavy atom. The molecule has 4 nitrogen and oxygen atoms in total. The van der Waals surface area contributed by atoms with E-state index < -0.39 is 40.9 Å². The van der Waals surface area contributed by atoms with Gasteiger partial charge >= 0.3 is 0 Å². The van der Waals surface area contributed by atoms with E-state index >= 15 is 0 Å². The van der Waals surface area contributed by atoms with Crippen LogP contribution < -0.4 is 11.1 Å². The van der Waals surface area contributed by atoms with Crippen molar-refractivity contribution in [1.29, 1.82) is 0 Å². The summed E-state index contributed by atoms with van der Waals surface area (Å²) >= 11 is 0. The quantitative estimate of drug-likeness (QED) is 0.617. The Hall–Kier alpha value is -2.49. The van der Waals surface area contributed by atoms with E-state index in [2.05, 4.69) is 11.2 Å². The first-order valence-electron chi connectivity index (χ1n) is 6.05. The number of hydrogen-bond donors (Lipinski definition) is 2. The molecule has 3 N–H and O–H groups in total. The summed E-state index contributed by atoms with van der Waals surface area (Å²) in [6.07, 6.45) is 5.95. The van der Waals surface area contributed by atoms with Gasteiger partial charge in [-0.15, -0.1) is 12.3 Å². The second-order valence-corrected chi connectivity index (χ2v) is 4.27. The zero-order chi connectivity index (χ0) is 16.0. The number of hydrogen-bond acceptors (Lipinski definition) is 2. The Labute approximate surface area is 119 Å². The van der Waals surface area contributed by atoms with Gasteiger partial charge in [-0.05, 0) is 12.8 Å². The lowest BCUT2D eigenvalue weighted by atomic mass is 10.1. The van der Waals surface area contributed by atoms with Crippen LogP contribution in [0.25, 0.3) is 0 Å². The van der Waals surface area contributed by atoms with Crippen LogP contribution >= 0.6 is 0 Å². The molecule has 0 aliphatic carbocycles. The van der Waals surface area contributed by atoms with Gasteiger partial charge in [0.1, 0.15) is 29.1 Å². The number of carbonyl (C=O) groups is 2. The summed E-state index contributed by atoms with van der Waals surface area (Å²) in [5.41, 5.74) is 4.12. The van der Waals surface area contributed by atoms with Crippen molar-refractivity contribution < 1.29 is 22.8 Å². The van der Waals surface area contributed by atoms with Gasteiger partial charge in [0.2, 0.25) is 5.91 Å². The van der Waals surface area contributed by atoms with Crippen molar-refractivity contribution in [2.75, 3.05) is 0 Å². The third kappa shape index (κ3) is 4.53. The third-order valence-corrected chi connectivity index (χ3v) is 2.70. The van der Waals surface area contributed by atoms with Crippen molar-refractivity contribution in [1.82, 2.24) is 5.32 Å². The fourth-order valence-corrected chi connectivity index (χ4v) is 1.68. The van der Waals surface area contributed by atoms with Crippen LogP contribution in [0.2, 0.25) is 0 Å². The number of primary amides is 1. The molecule has 0 aromatic heterocycles. The minimum atomic E-state index is -1.36. The maximum absolute atomic E-state index is 13.4. The fraction of sp³-hybridized carbons (Fsp3) is 0.286. The van der Waals surface area contributed by atoms with Crippen LogP contribution in [0.15, 0.2) is 12.1 Å². The van der Waals surface area contributed by atoms with Crippen molar-refractivity contribution in [2.24, 2.45) is 5.73 Å². The highest BCUT2D eigenvalue weighted by Crippen LogP contribution is 2.15. The van der Waals surface area contributed by atoms with E-state index in [1.54, 1.807) is 0 Å². The molecule has 0 radical (unpaired) electrons. The van der Waals surface area contributed by atoms with Gasteiger partial charge in [0.15, 0.2) is 0 Å². The van der Waals surface area contributed by atoms with Gasteiger partial charge in [0, 0.05) is 18.6 Å². The van der Waals surface area contributed by atoms with Crippen LogP contribution in [0.1, 0.15) is 29.6 Å². The summed E-state index contributed by atoms with van der Waals surface area (Å²) in [6.45, 7) is 0. The second kappa shape index (κ2) is 7.33. The zero-order valence-electron chi connectivity index (χ0n) is 11.0. The van der Waals surface area contributed by atoms with E-state index in [0.29, 0.717) is 25.0 Å². The highest BCUT2D eigenvalue weighted by Gasteiger charge is 2.23. The lowest BCUT2D eigenvalue weighted by molar-refractivity contribution is -0.120. The summed E-state index contributed by atoms with van der Waals surface area (Å²) in [4.78, 5) is 23.0. The number of halogens is 3. The molecule has 0 saturated carbocycles. The number of amides is 2. The van der Waals surface area contributed by atoms with E-state index in [1.165, 1.54) is 0 Å². The van der Waals surface area contributed by atoms with E-state index in [1.807, 2.05) is 0 Å². The van der Waals surface area contributed by atoms with Crippen molar-refractivity contribution in [3.63, 3.8) is 0 Å². The molecule has 0 saturated heterocycles. The molecule has 0 unspecified atom stereocenters. The molecule has 1 aromatic carbocycles. The Bertz CT molecular complexity index is 573. The molecule has 0 aliphatic rings. The maximum Gasteiger partial charge on any atom is 0.257 e. The summed E-state index contributed by atoms with van der Waals surface area (Å²) < 4.78 is 39.6. The molecule has 0 spiro atoms. The minimum Gasteiger partial charge on any atom is -0.368 e. The van der Waals surface area contributed by atoms with Crippen LogP contribution in [0.5, 0.6) is 0 Å². The molecule has 7 heteroatoms. The number of nitrogens with two attached hydrogens (primary N) is 1. The number of rotatable bonds is 6. The number of unbranched alkanes of at least 4 members (excludes halogenated alkanes) is 1. The first kappa shape index (κ1) is 16.6. The van der Waals surface area contributed by atoms with Gasteiger partial charge in [0.05, 0.1) is 0 Å². The molecule has 1 rings (SSSR count). The SMILES string of the molecule is C#CCCC[C@H](NC(=O)c1c(F)cc(F)cc1F)C(N)=O. The van der Waals surface area contributed by atoms with Gasteiger partial charge in [-0.1, -0.05) is 0 Å². The highest BCUT2D eigenvalue weighted by molar-refractivity contribution is 5.97. The third-order valence-electron chi connectivity index (χ3n) is 2.70. The van der Waals surface area contributed by atoms with Crippen LogP contribution in [-0.2, 0) is 4.79 Å². The Balaban J connectivity index is 2.88. The van der Waals surface area contributed by atoms with Gasteiger partial charge in [-0.3, -0.25) is 9.59 Å². The summed E-state index contributed by atoms with van der Waals surface area (Å²) in [6, 6.07) is -0.375. The van der Waals surface area contributed by atoms with Gasteiger partial charge < -0.3 is 11.1 Å². The predicted octanol–water partition coefficient (Wildman–Crippen LogP) is 1.49. The van der Waals surface area contributed by atoms with Crippen molar-refractivity contribution in [3.8, 4) is 12.3 Å². The van der Waals surface area contributed by atoms with E-state index in [0.717, 1.165) is 0 Å². The molecule has 21 heavy (non-hydrogen) atoms. The van der Waals surface area contributed by atoms with Crippen LogP contribution in [0.4, 0.5) is 13.2 Å². The number of benzene rings is 1. The molecule has 0 aliphatic heterocycles. The average Bonchev–Trinajstić information content (AvgIpc) is 2.36. The van der Waals surface area contributed by atoms with Gasteiger partial charge in [0.25, 0.3) is 5.91 Å². The average molecular weight is 298 g/mol. The molecule has 2 amide bonds. The molecule has 0 heterocycles. The highest BCUT2D eigenvalue weighted by atomic mass is 19.1. The topological polar surface area (TPSA) is 72.2 Å². The lowest BCUT2D eigenvalue weighted by Crippen LogP contribution is -2.44. The standard InChI is InChI=1S/C14H13F3N2O2/c1-2-3-4-5-11(13(18)20)19-14(21)12-9(16)6-8(15)7-10(12)17/h1,6-7,11H,3-5H2,(H2,18,20)(H,19,21)/t11-/m0/s1. The molecule has 112 valence electrons. The smallest absolute Gasteiger partial charge is 0.257 e. The molecule has 0 bridgehead atoms. The first-order chi connectivity index (χ1) is 9.86. The number of nitrogens with one attached hydrogen (secondary N) is 1. The summed E-state index contributed by atoms with van der Waals surface area (Å²) in [5.74, 6) is -3.58. The first-order valence-corrected chi connectivity index (χ1v) is 6.05. The van der Waals surface area contributed by atoms with E-state index in [4.69, 9.17) is 12.2 Å². The molecule has 1 atom stereocenters. The van der Waals surface area contributed by atoms with E-state index in [-0.39, 0.29) is 6.42 Å². The molecular formula is C14H13F3N2O2. The largest absolute Gasteiger partial charge is 0.368 e. The van der Waals surface area contributed by atoms with Gasteiger partial charge in [-0.25, -0.2) is 13.2 Å². The fourth-order valence-electron chi connectivity index (χ4n) is 1.68. The van der Waals surface area contributed by atoms with Crippen molar-refractivity contribution >= 4 is 11.8 Å². The second-order valence-electron chi connectivity index (χ2n) is 4.27. The molecule has 0 fully saturated rings. The number of terminal acetylenes is 1. The Morgan fingerprint density at radius 2 is 1.86 bits per heavy atom. The molecule has 1 aromatic rings. The Kier molecular flexibility index (Phi) is 5.79. The lowest BCUT2D eigenvalue weighted by Gasteiger charge is -2.15. The number of carbonyl (C=O) groups excluding carboxylic acids is 2. The van der Waals surface area contributed by atoms with Crippen LogP contribution in [-0.4, -0.2) is 17.9 Å². The Morgan fingerprint density at radius 3 is 2.33 bits per heavy atom. The van der Waals surface area contributed by atoms with Crippen LogP contribution in [0, 0.1) is 29.8 Å². The zero-order valence-corrected chi connectivity index (χ0v) is 11.0. The normalized spacial score (nSPS) is 11.5. The van der Waals surface area contributed by atoms with Gasteiger partial charge in [-0.2, -0.15) is 0 Å². The minimum absolute atomic E-state index is 0.135. The summed E-state index contributed by atoms with van der Waals surface area (Å²) in [5, 5.41) is 2.11. The van der Waals surface area contributed by atoms with E-state index in [9.17, 15) is 22.8 Å². The monoisotopic (exact) mass is 298 g/mol. The molecular weight excluding hydrogens is 285 g/mol. The van der Waals surface area contributed by atoms with Crippen LogP contribution in [0.3, 0.4) is 0 Å². The van der Waals surface area contributed by atoms with Crippen molar-refractivity contribution in [2.45, 2.75) is 25.3 Å². The van der Waals surface area contributed by atoms with Crippen molar-refractivity contribution in [3.05, 3.63) is 35.1 Å². The predicted molar refractivity (Wildman–Crippen MR) is 69.4 cm³/mol. The maximum atomic E-state index is 13.4. The summed E-state index contributed by atoms with van der Waals surface area (Å²) in [7, 11) is 0.